The largest absolute Gasteiger partial charge is 0.476 e. The Kier molecular flexibility index (Phi) is 8.52. The highest BCUT2D eigenvalue weighted by Crippen LogP contribution is 2.48. The average Bonchev–Trinajstić information content (AvgIpc) is 3.27. The zero-order valence-corrected chi connectivity index (χ0v) is 22.8. The van der Waals surface area contributed by atoms with E-state index in [1.54, 1.807) is 20.8 Å². The molecule has 7 heteroatoms. The maximum absolute atomic E-state index is 12.7. The standard InChI is InChI=1S/C29H35Cl2NO4/c1-4-35-28(34)29(2,3)36-21-12-10-18(11-13-21)20-16-23(30)26(24(31)17-20)25(19-8-6-5-7-9-19)22-14-15-32-27(22)33/h10-13,16-17,19,22,25H,4-9,14-15H2,1-3H3,(H,32,33). The van der Waals surface area contributed by atoms with Crippen LogP contribution in [0.2, 0.25) is 10.0 Å². The van der Waals surface area contributed by atoms with Crippen molar-refractivity contribution in [1.29, 1.82) is 0 Å². The van der Waals surface area contributed by atoms with Crippen LogP contribution in [0.4, 0.5) is 0 Å². The van der Waals surface area contributed by atoms with E-state index in [2.05, 4.69) is 5.32 Å². The number of carbonyl (C=O) groups excluding carboxylic acids is 2. The summed E-state index contributed by atoms with van der Waals surface area (Å²) in [6.07, 6.45) is 6.64. The number of ether oxygens (including phenoxy) is 2. The first-order chi connectivity index (χ1) is 17.2. The minimum Gasteiger partial charge on any atom is -0.476 e. The van der Waals surface area contributed by atoms with E-state index in [1.807, 2.05) is 36.4 Å². The molecule has 1 saturated heterocycles. The quantitative estimate of drug-likeness (QED) is 0.366. The highest BCUT2D eigenvalue weighted by molar-refractivity contribution is 6.36. The van der Waals surface area contributed by atoms with Crippen LogP contribution in [0.3, 0.4) is 0 Å². The second-order valence-electron chi connectivity index (χ2n) is 10.3. The zero-order chi connectivity index (χ0) is 25.9. The van der Waals surface area contributed by atoms with Crippen LogP contribution in [0.25, 0.3) is 11.1 Å². The molecule has 0 bridgehead atoms. The van der Waals surface area contributed by atoms with E-state index >= 15 is 0 Å². The van der Waals surface area contributed by atoms with E-state index < -0.39 is 11.6 Å². The van der Waals surface area contributed by atoms with Crippen molar-refractivity contribution >= 4 is 35.1 Å². The molecule has 1 saturated carbocycles. The molecule has 2 atom stereocenters. The fourth-order valence-electron chi connectivity index (χ4n) is 5.64. The molecule has 2 aliphatic rings. The SMILES string of the molecule is CCOC(=O)C(C)(C)Oc1ccc(-c2cc(Cl)c(C(C3CCCCC3)C3CCNC3=O)c(Cl)c2)cc1. The summed E-state index contributed by atoms with van der Waals surface area (Å²) in [5, 5.41) is 4.22. The molecular weight excluding hydrogens is 497 g/mol. The predicted octanol–water partition coefficient (Wildman–Crippen LogP) is 7.18. The lowest BCUT2D eigenvalue weighted by molar-refractivity contribution is -0.158. The summed E-state index contributed by atoms with van der Waals surface area (Å²) >= 11 is 13.8. The van der Waals surface area contributed by atoms with Crippen molar-refractivity contribution in [2.24, 2.45) is 11.8 Å². The van der Waals surface area contributed by atoms with Gasteiger partial charge < -0.3 is 14.8 Å². The van der Waals surface area contributed by atoms with Crippen LogP contribution in [0.5, 0.6) is 5.75 Å². The summed E-state index contributed by atoms with van der Waals surface area (Å²) in [6, 6.07) is 11.4. The normalized spacial score (nSPS) is 19.6. The molecule has 0 spiro atoms. The molecule has 2 aromatic carbocycles. The molecule has 4 rings (SSSR count). The van der Waals surface area contributed by atoms with Crippen molar-refractivity contribution < 1.29 is 19.1 Å². The van der Waals surface area contributed by atoms with Gasteiger partial charge in [0.25, 0.3) is 0 Å². The van der Waals surface area contributed by atoms with E-state index in [9.17, 15) is 9.59 Å². The summed E-state index contributed by atoms with van der Waals surface area (Å²) < 4.78 is 11.0. The maximum atomic E-state index is 12.7. The van der Waals surface area contributed by atoms with Crippen LogP contribution in [0.1, 0.15) is 70.8 Å². The Labute approximate surface area is 223 Å². The lowest BCUT2D eigenvalue weighted by Crippen LogP contribution is -2.39. The number of esters is 1. The first kappa shape index (κ1) is 26.8. The van der Waals surface area contributed by atoms with Gasteiger partial charge in [0.15, 0.2) is 5.60 Å². The molecule has 1 heterocycles. The molecule has 2 aromatic rings. The van der Waals surface area contributed by atoms with Gasteiger partial charge in [-0.3, -0.25) is 4.79 Å². The predicted molar refractivity (Wildman–Crippen MR) is 144 cm³/mol. The van der Waals surface area contributed by atoms with E-state index in [0.717, 1.165) is 36.0 Å². The van der Waals surface area contributed by atoms with Gasteiger partial charge in [0.2, 0.25) is 5.91 Å². The summed E-state index contributed by atoms with van der Waals surface area (Å²) in [5.74, 6) is 0.619. The van der Waals surface area contributed by atoms with E-state index in [0.29, 0.717) is 34.9 Å². The molecule has 5 nitrogen and oxygen atoms in total. The molecular formula is C29H35Cl2NO4. The second kappa shape index (κ2) is 11.4. The number of benzene rings is 2. The Balaban J connectivity index is 1.60. The number of carbonyl (C=O) groups is 2. The van der Waals surface area contributed by atoms with Gasteiger partial charge in [0.05, 0.1) is 6.61 Å². The molecule has 1 aliphatic heterocycles. The third-order valence-electron chi connectivity index (χ3n) is 7.42. The van der Waals surface area contributed by atoms with Gasteiger partial charge in [-0.15, -0.1) is 0 Å². The molecule has 1 N–H and O–H groups in total. The summed E-state index contributed by atoms with van der Waals surface area (Å²) in [6.45, 7) is 6.15. The molecule has 0 radical (unpaired) electrons. The smallest absolute Gasteiger partial charge is 0.349 e. The molecule has 2 unspecified atom stereocenters. The highest BCUT2D eigenvalue weighted by Gasteiger charge is 2.40. The minimum absolute atomic E-state index is 0.0303. The topological polar surface area (TPSA) is 64.6 Å². The van der Waals surface area contributed by atoms with Gasteiger partial charge in [-0.05, 0) is 86.9 Å². The van der Waals surface area contributed by atoms with Crippen molar-refractivity contribution in [3.8, 4) is 16.9 Å². The van der Waals surface area contributed by atoms with E-state index in [4.69, 9.17) is 32.7 Å². The van der Waals surface area contributed by atoms with Crippen molar-refractivity contribution in [1.82, 2.24) is 5.32 Å². The summed E-state index contributed by atoms with van der Waals surface area (Å²) in [5.41, 5.74) is 1.64. The lowest BCUT2D eigenvalue weighted by atomic mass is 9.70. The van der Waals surface area contributed by atoms with Crippen LogP contribution in [0, 0.1) is 11.8 Å². The second-order valence-corrected chi connectivity index (χ2v) is 11.1. The highest BCUT2D eigenvalue weighted by atomic mass is 35.5. The van der Waals surface area contributed by atoms with Gasteiger partial charge in [0.1, 0.15) is 5.75 Å². The monoisotopic (exact) mass is 531 g/mol. The Morgan fingerprint density at radius 1 is 1.03 bits per heavy atom. The summed E-state index contributed by atoms with van der Waals surface area (Å²) in [4.78, 5) is 24.9. The number of hydrogen-bond donors (Lipinski definition) is 1. The first-order valence-corrected chi connectivity index (χ1v) is 13.7. The lowest BCUT2D eigenvalue weighted by Gasteiger charge is -2.34. The number of nitrogens with one attached hydrogen (secondary N) is 1. The fraction of sp³-hybridized carbons (Fsp3) is 0.517. The Morgan fingerprint density at radius 2 is 1.67 bits per heavy atom. The fourth-order valence-corrected chi connectivity index (χ4v) is 6.38. The van der Waals surface area contributed by atoms with Crippen molar-refractivity contribution in [2.45, 2.75) is 70.8 Å². The van der Waals surface area contributed by atoms with Gasteiger partial charge >= 0.3 is 5.97 Å². The van der Waals surface area contributed by atoms with Gasteiger partial charge in [-0.2, -0.15) is 0 Å². The molecule has 1 amide bonds. The van der Waals surface area contributed by atoms with Crippen molar-refractivity contribution in [3.63, 3.8) is 0 Å². The first-order valence-electron chi connectivity index (χ1n) is 12.9. The Morgan fingerprint density at radius 3 is 2.22 bits per heavy atom. The zero-order valence-electron chi connectivity index (χ0n) is 21.2. The Hall–Kier alpha value is -2.24. The van der Waals surface area contributed by atoms with Gasteiger partial charge in [-0.25, -0.2) is 4.79 Å². The summed E-state index contributed by atoms with van der Waals surface area (Å²) in [7, 11) is 0. The van der Waals surface area contributed by atoms with Crippen molar-refractivity contribution in [3.05, 3.63) is 52.0 Å². The third kappa shape index (κ3) is 5.84. The maximum Gasteiger partial charge on any atom is 0.349 e. The molecule has 2 fully saturated rings. The number of amides is 1. The van der Waals surface area contributed by atoms with Crippen LogP contribution < -0.4 is 10.1 Å². The van der Waals surface area contributed by atoms with Gasteiger partial charge in [0, 0.05) is 28.4 Å². The Bertz CT molecular complexity index is 1070. The van der Waals surface area contributed by atoms with Crippen LogP contribution in [0.15, 0.2) is 36.4 Å². The number of halogens is 2. The van der Waals surface area contributed by atoms with E-state index in [-0.39, 0.29) is 17.7 Å². The van der Waals surface area contributed by atoms with Crippen LogP contribution in [-0.4, -0.2) is 30.6 Å². The van der Waals surface area contributed by atoms with E-state index in [1.165, 1.54) is 19.3 Å². The molecule has 194 valence electrons. The van der Waals surface area contributed by atoms with Crippen LogP contribution in [-0.2, 0) is 14.3 Å². The molecule has 0 aromatic heterocycles. The number of rotatable bonds is 8. The average molecular weight is 533 g/mol. The van der Waals surface area contributed by atoms with Crippen LogP contribution >= 0.6 is 23.2 Å². The molecule has 36 heavy (non-hydrogen) atoms. The van der Waals surface area contributed by atoms with Gasteiger partial charge in [-0.1, -0.05) is 54.6 Å². The minimum atomic E-state index is -1.09. The number of hydrogen-bond acceptors (Lipinski definition) is 4. The molecule has 1 aliphatic carbocycles. The third-order valence-corrected chi connectivity index (χ3v) is 8.05. The van der Waals surface area contributed by atoms with Crippen molar-refractivity contribution in [2.75, 3.05) is 13.2 Å².